The molecule has 0 amide bonds. The molecule has 1 saturated carbocycles. The Morgan fingerprint density at radius 3 is 2.41 bits per heavy atom. The molecule has 0 aromatic carbocycles. The molecule has 17 heavy (non-hydrogen) atoms. The molecule has 1 aliphatic heterocycles. The summed E-state index contributed by atoms with van der Waals surface area (Å²) in [5.74, 6) is 1.72. The molecule has 2 heteroatoms. The molecule has 0 aromatic heterocycles. The first-order valence-electron chi connectivity index (χ1n) is 7.70. The van der Waals surface area contributed by atoms with E-state index in [1.807, 2.05) is 0 Å². The predicted molar refractivity (Wildman–Crippen MR) is 74.0 cm³/mol. The fourth-order valence-electron chi connectivity index (χ4n) is 3.95. The highest BCUT2D eigenvalue weighted by atomic mass is 15.2. The standard InChI is InChI=1S/C15H30N2/c1-12-7-6-10-17(13(12)2)15(11-16)14-8-4-3-5-9-14/h12-15H,3-11,16H2,1-2H3. The van der Waals surface area contributed by atoms with Gasteiger partial charge in [-0.2, -0.15) is 0 Å². The van der Waals surface area contributed by atoms with E-state index in [0.29, 0.717) is 6.04 Å². The van der Waals surface area contributed by atoms with Crippen LogP contribution in [0.25, 0.3) is 0 Å². The van der Waals surface area contributed by atoms with Crippen LogP contribution in [0, 0.1) is 11.8 Å². The van der Waals surface area contributed by atoms with Crippen molar-refractivity contribution < 1.29 is 0 Å². The minimum Gasteiger partial charge on any atom is -0.329 e. The molecule has 0 spiro atoms. The average Bonchev–Trinajstić information content (AvgIpc) is 2.37. The predicted octanol–water partition coefficient (Wildman–Crippen LogP) is 3.01. The van der Waals surface area contributed by atoms with Crippen LogP contribution in [0.4, 0.5) is 0 Å². The van der Waals surface area contributed by atoms with Gasteiger partial charge >= 0.3 is 0 Å². The Kier molecular flexibility index (Phi) is 4.87. The summed E-state index contributed by atoms with van der Waals surface area (Å²) in [4.78, 5) is 2.74. The van der Waals surface area contributed by atoms with Crippen LogP contribution in [0.1, 0.15) is 58.8 Å². The Hall–Kier alpha value is -0.0800. The van der Waals surface area contributed by atoms with E-state index in [2.05, 4.69) is 18.7 Å². The molecular formula is C15H30N2. The SMILES string of the molecule is CC1CCCN(C(CN)C2CCCCC2)C1C. The molecule has 2 nitrogen and oxygen atoms in total. The van der Waals surface area contributed by atoms with Crippen molar-refractivity contribution in [1.29, 1.82) is 0 Å². The molecule has 1 saturated heterocycles. The maximum Gasteiger partial charge on any atom is 0.0249 e. The van der Waals surface area contributed by atoms with Gasteiger partial charge in [0.2, 0.25) is 0 Å². The van der Waals surface area contributed by atoms with Crippen molar-refractivity contribution in [3.63, 3.8) is 0 Å². The molecule has 0 aromatic rings. The largest absolute Gasteiger partial charge is 0.329 e. The van der Waals surface area contributed by atoms with Crippen LogP contribution in [0.15, 0.2) is 0 Å². The lowest BCUT2D eigenvalue weighted by atomic mass is 9.80. The summed E-state index contributed by atoms with van der Waals surface area (Å²) in [5.41, 5.74) is 6.10. The topological polar surface area (TPSA) is 29.3 Å². The summed E-state index contributed by atoms with van der Waals surface area (Å²) in [6.07, 6.45) is 9.91. The number of hydrogen-bond donors (Lipinski definition) is 1. The molecule has 100 valence electrons. The van der Waals surface area contributed by atoms with Crippen LogP contribution in [0.3, 0.4) is 0 Å². The van der Waals surface area contributed by atoms with Crippen molar-refractivity contribution in [2.45, 2.75) is 70.9 Å². The lowest BCUT2D eigenvalue weighted by Gasteiger charge is -2.46. The summed E-state index contributed by atoms with van der Waals surface area (Å²) in [6, 6.07) is 1.40. The van der Waals surface area contributed by atoms with Gasteiger partial charge in [0, 0.05) is 18.6 Å². The van der Waals surface area contributed by atoms with Gasteiger partial charge in [0.05, 0.1) is 0 Å². The van der Waals surface area contributed by atoms with E-state index in [9.17, 15) is 0 Å². The van der Waals surface area contributed by atoms with Crippen molar-refractivity contribution in [3.8, 4) is 0 Å². The van der Waals surface area contributed by atoms with Crippen LogP contribution in [-0.2, 0) is 0 Å². The van der Waals surface area contributed by atoms with Crippen LogP contribution < -0.4 is 5.73 Å². The molecule has 3 atom stereocenters. The third kappa shape index (κ3) is 3.03. The zero-order valence-corrected chi connectivity index (χ0v) is 11.7. The lowest BCUT2D eigenvalue weighted by Crippen LogP contribution is -2.54. The van der Waals surface area contributed by atoms with Gasteiger partial charge in [-0.05, 0) is 51.0 Å². The zero-order chi connectivity index (χ0) is 12.3. The van der Waals surface area contributed by atoms with Crippen LogP contribution in [-0.4, -0.2) is 30.1 Å². The number of rotatable bonds is 3. The van der Waals surface area contributed by atoms with Crippen molar-refractivity contribution in [1.82, 2.24) is 4.90 Å². The van der Waals surface area contributed by atoms with Crippen LogP contribution in [0.5, 0.6) is 0 Å². The minimum absolute atomic E-state index is 0.660. The Morgan fingerprint density at radius 1 is 1.06 bits per heavy atom. The van der Waals surface area contributed by atoms with Crippen LogP contribution in [0.2, 0.25) is 0 Å². The molecular weight excluding hydrogens is 208 g/mol. The summed E-state index contributed by atoms with van der Waals surface area (Å²) in [6.45, 7) is 6.96. The maximum atomic E-state index is 6.10. The van der Waals surface area contributed by atoms with Gasteiger partial charge in [0.25, 0.3) is 0 Å². The Labute approximate surface area is 107 Å². The Bertz CT molecular complexity index is 223. The number of likely N-dealkylation sites (tertiary alicyclic amines) is 1. The first-order valence-corrected chi connectivity index (χ1v) is 7.70. The van der Waals surface area contributed by atoms with Gasteiger partial charge in [-0.15, -0.1) is 0 Å². The van der Waals surface area contributed by atoms with Gasteiger partial charge in [-0.1, -0.05) is 26.2 Å². The van der Waals surface area contributed by atoms with E-state index in [1.54, 1.807) is 0 Å². The summed E-state index contributed by atoms with van der Waals surface area (Å²) in [5, 5.41) is 0. The smallest absolute Gasteiger partial charge is 0.0249 e. The third-order valence-electron chi connectivity index (χ3n) is 5.28. The first-order chi connectivity index (χ1) is 8.24. The van der Waals surface area contributed by atoms with Gasteiger partial charge in [-0.25, -0.2) is 0 Å². The summed E-state index contributed by atoms with van der Waals surface area (Å²) in [7, 11) is 0. The molecule has 1 heterocycles. The fraction of sp³-hybridized carbons (Fsp3) is 1.00. The Balaban J connectivity index is 2.00. The van der Waals surface area contributed by atoms with E-state index < -0.39 is 0 Å². The quantitative estimate of drug-likeness (QED) is 0.819. The first kappa shape index (κ1) is 13.4. The number of nitrogens with two attached hydrogens (primary N) is 1. The van der Waals surface area contributed by atoms with Gasteiger partial charge in [-0.3, -0.25) is 4.90 Å². The fourth-order valence-corrected chi connectivity index (χ4v) is 3.95. The number of piperidine rings is 1. The lowest BCUT2D eigenvalue weighted by molar-refractivity contribution is 0.0340. The summed E-state index contributed by atoms with van der Waals surface area (Å²) < 4.78 is 0. The second kappa shape index (κ2) is 6.19. The molecule has 2 fully saturated rings. The second-order valence-corrected chi connectivity index (χ2v) is 6.30. The average molecular weight is 238 g/mol. The molecule has 2 aliphatic rings. The minimum atomic E-state index is 0.660. The molecule has 2 N–H and O–H groups in total. The molecule has 0 bridgehead atoms. The highest BCUT2D eigenvalue weighted by Gasteiger charge is 2.34. The summed E-state index contributed by atoms with van der Waals surface area (Å²) >= 11 is 0. The van der Waals surface area contributed by atoms with Gasteiger partial charge < -0.3 is 5.73 Å². The number of nitrogens with zero attached hydrogens (tertiary/aromatic N) is 1. The monoisotopic (exact) mass is 238 g/mol. The van der Waals surface area contributed by atoms with Crippen molar-refractivity contribution >= 4 is 0 Å². The maximum absolute atomic E-state index is 6.10. The Morgan fingerprint density at radius 2 is 1.76 bits per heavy atom. The molecule has 3 unspecified atom stereocenters. The normalized spacial score (nSPS) is 34.8. The van der Waals surface area contributed by atoms with Crippen molar-refractivity contribution in [3.05, 3.63) is 0 Å². The second-order valence-electron chi connectivity index (χ2n) is 6.30. The van der Waals surface area contributed by atoms with E-state index in [-0.39, 0.29) is 0 Å². The highest BCUT2D eigenvalue weighted by molar-refractivity contribution is 4.89. The van der Waals surface area contributed by atoms with E-state index >= 15 is 0 Å². The zero-order valence-electron chi connectivity index (χ0n) is 11.7. The van der Waals surface area contributed by atoms with Crippen molar-refractivity contribution in [2.24, 2.45) is 17.6 Å². The number of hydrogen-bond acceptors (Lipinski definition) is 2. The highest BCUT2D eigenvalue weighted by Crippen LogP contribution is 2.33. The van der Waals surface area contributed by atoms with E-state index in [0.717, 1.165) is 24.4 Å². The van der Waals surface area contributed by atoms with E-state index in [1.165, 1.54) is 51.5 Å². The molecule has 0 radical (unpaired) electrons. The molecule has 2 rings (SSSR count). The van der Waals surface area contributed by atoms with Crippen LogP contribution >= 0.6 is 0 Å². The van der Waals surface area contributed by atoms with Crippen molar-refractivity contribution in [2.75, 3.05) is 13.1 Å². The molecule has 1 aliphatic carbocycles. The van der Waals surface area contributed by atoms with Gasteiger partial charge in [0.15, 0.2) is 0 Å². The van der Waals surface area contributed by atoms with E-state index in [4.69, 9.17) is 5.73 Å². The van der Waals surface area contributed by atoms with Gasteiger partial charge in [0.1, 0.15) is 0 Å². The third-order valence-corrected chi connectivity index (χ3v) is 5.28.